The minimum Gasteiger partial charge on any atom is -0.399 e. The molecule has 20 heavy (non-hydrogen) atoms. The van der Waals surface area contributed by atoms with Crippen LogP contribution in [0.25, 0.3) is 0 Å². The van der Waals surface area contributed by atoms with Gasteiger partial charge < -0.3 is 16.0 Å². The molecule has 0 spiro atoms. The number of sulfonamides is 1. The molecule has 8 heteroatoms. The number of nitrogens with one attached hydrogen (secondary N) is 2. The Morgan fingerprint density at radius 2 is 2.20 bits per heavy atom. The van der Waals surface area contributed by atoms with Crippen molar-refractivity contribution in [3.63, 3.8) is 0 Å². The van der Waals surface area contributed by atoms with E-state index < -0.39 is 10.0 Å². The highest BCUT2D eigenvalue weighted by Crippen LogP contribution is 2.27. The number of H-pyrrole nitrogens is 1. The Hall–Kier alpha value is -2.06. The molecule has 0 radical (unpaired) electrons. The van der Waals surface area contributed by atoms with Gasteiger partial charge in [0.25, 0.3) is 0 Å². The summed E-state index contributed by atoms with van der Waals surface area (Å²) < 4.78 is 23.2. The number of nitrogen functional groups attached to an aromatic ring is 1. The first-order valence-corrected chi connectivity index (χ1v) is 7.64. The van der Waals surface area contributed by atoms with Gasteiger partial charge in [0.1, 0.15) is 10.7 Å². The average molecular weight is 295 g/mol. The van der Waals surface area contributed by atoms with Crippen molar-refractivity contribution in [1.29, 1.82) is 0 Å². The molecular formula is C12H17N5O2S. The van der Waals surface area contributed by atoms with Crippen molar-refractivity contribution in [3.8, 4) is 0 Å². The second-order valence-electron chi connectivity index (χ2n) is 4.38. The van der Waals surface area contributed by atoms with E-state index in [1.807, 2.05) is 6.92 Å². The third-order valence-corrected chi connectivity index (χ3v) is 3.85. The number of rotatable bonds is 5. The summed E-state index contributed by atoms with van der Waals surface area (Å²) in [6, 6.07) is 4.41. The maximum atomic E-state index is 11.6. The minimum absolute atomic E-state index is 0.0255. The van der Waals surface area contributed by atoms with Gasteiger partial charge in [0.2, 0.25) is 10.0 Å². The molecule has 1 aromatic carbocycles. The van der Waals surface area contributed by atoms with Crippen LogP contribution in [0.15, 0.2) is 35.5 Å². The summed E-state index contributed by atoms with van der Waals surface area (Å²) in [5.74, 6) is 0.727. The number of anilines is 2. The molecule has 0 aliphatic heterocycles. The molecule has 2 rings (SSSR count). The summed E-state index contributed by atoms with van der Waals surface area (Å²) in [4.78, 5) is 7.14. The minimum atomic E-state index is -3.85. The van der Waals surface area contributed by atoms with Crippen molar-refractivity contribution in [2.45, 2.75) is 24.3 Å². The van der Waals surface area contributed by atoms with Gasteiger partial charge in [-0.2, -0.15) is 0 Å². The molecule has 0 amide bonds. The fourth-order valence-corrected chi connectivity index (χ4v) is 2.65. The summed E-state index contributed by atoms with van der Waals surface area (Å²) in [6.45, 7) is 1.97. The number of aromatic amines is 1. The number of hydrogen-bond acceptors (Lipinski definition) is 5. The van der Waals surface area contributed by atoms with E-state index in [4.69, 9.17) is 10.9 Å². The van der Waals surface area contributed by atoms with Crippen molar-refractivity contribution < 1.29 is 8.42 Å². The third kappa shape index (κ3) is 3.09. The van der Waals surface area contributed by atoms with Gasteiger partial charge in [0.05, 0.1) is 11.7 Å². The zero-order valence-corrected chi connectivity index (χ0v) is 11.8. The number of nitrogens with two attached hydrogens (primary N) is 2. The van der Waals surface area contributed by atoms with Crippen LogP contribution < -0.4 is 16.2 Å². The van der Waals surface area contributed by atoms with Crippen molar-refractivity contribution >= 4 is 21.4 Å². The van der Waals surface area contributed by atoms with E-state index in [-0.39, 0.29) is 10.9 Å². The smallest absolute Gasteiger partial charge is 0.240 e. The van der Waals surface area contributed by atoms with E-state index >= 15 is 0 Å². The molecule has 0 aliphatic carbocycles. The molecule has 7 nitrogen and oxygen atoms in total. The lowest BCUT2D eigenvalue weighted by molar-refractivity contribution is 0.597. The number of hydrogen-bond donors (Lipinski definition) is 4. The van der Waals surface area contributed by atoms with Crippen molar-refractivity contribution in [2.24, 2.45) is 5.14 Å². The van der Waals surface area contributed by atoms with Crippen LogP contribution in [0.4, 0.5) is 11.4 Å². The molecule has 0 fully saturated rings. The molecular weight excluding hydrogens is 278 g/mol. The van der Waals surface area contributed by atoms with Gasteiger partial charge in [-0.1, -0.05) is 6.92 Å². The summed E-state index contributed by atoms with van der Waals surface area (Å²) in [5, 5.41) is 8.34. The maximum absolute atomic E-state index is 11.6. The lowest BCUT2D eigenvalue weighted by Crippen LogP contribution is -2.18. The van der Waals surface area contributed by atoms with Crippen LogP contribution in [0.5, 0.6) is 0 Å². The highest BCUT2D eigenvalue weighted by molar-refractivity contribution is 7.89. The zero-order valence-electron chi connectivity index (χ0n) is 11.0. The van der Waals surface area contributed by atoms with E-state index in [1.165, 1.54) is 6.07 Å². The first kappa shape index (κ1) is 14.4. The van der Waals surface area contributed by atoms with Crippen LogP contribution >= 0.6 is 0 Å². The first-order chi connectivity index (χ1) is 9.41. The molecule has 108 valence electrons. The molecule has 1 aromatic heterocycles. The first-order valence-electron chi connectivity index (χ1n) is 6.10. The Bertz CT molecular complexity index is 682. The Labute approximate surface area is 117 Å². The maximum Gasteiger partial charge on any atom is 0.240 e. The Balaban J connectivity index is 2.38. The molecule has 0 saturated carbocycles. The van der Waals surface area contributed by atoms with E-state index in [2.05, 4.69) is 15.3 Å². The molecule has 1 heterocycles. The largest absolute Gasteiger partial charge is 0.399 e. The molecule has 0 aliphatic rings. The van der Waals surface area contributed by atoms with Crippen LogP contribution in [0.3, 0.4) is 0 Å². The third-order valence-electron chi connectivity index (χ3n) is 2.90. The second kappa shape index (κ2) is 5.51. The molecule has 2 aromatic rings. The molecule has 1 atom stereocenters. The number of benzene rings is 1. The number of nitrogens with zero attached hydrogens (tertiary/aromatic N) is 1. The standard InChI is InChI=1S/C12H17N5O2S/c1-2-9(12-15-5-6-16-12)17-10-4-3-8(13)7-11(10)20(14,18)19/h3-7,9,17H,2,13H2,1H3,(H,15,16)(H2,14,18,19). The number of aromatic nitrogens is 2. The van der Waals surface area contributed by atoms with Crippen LogP contribution in [0, 0.1) is 0 Å². The predicted octanol–water partition coefficient (Wildman–Crippen LogP) is 1.20. The van der Waals surface area contributed by atoms with E-state index in [0.717, 1.165) is 12.2 Å². The van der Waals surface area contributed by atoms with Crippen molar-refractivity contribution in [2.75, 3.05) is 11.1 Å². The van der Waals surface area contributed by atoms with E-state index in [1.54, 1.807) is 24.5 Å². The average Bonchev–Trinajstić information content (AvgIpc) is 2.90. The topological polar surface area (TPSA) is 127 Å². The predicted molar refractivity (Wildman–Crippen MR) is 77.5 cm³/mol. The fourth-order valence-electron chi connectivity index (χ4n) is 1.91. The van der Waals surface area contributed by atoms with Gasteiger partial charge in [-0.25, -0.2) is 18.5 Å². The van der Waals surface area contributed by atoms with Gasteiger partial charge in [0.15, 0.2) is 0 Å². The summed E-state index contributed by atoms with van der Waals surface area (Å²) in [6.07, 6.45) is 4.08. The fraction of sp³-hybridized carbons (Fsp3) is 0.250. The molecule has 1 unspecified atom stereocenters. The van der Waals surface area contributed by atoms with E-state index in [9.17, 15) is 8.42 Å². The Morgan fingerprint density at radius 1 is 1.45 bits per heavy atom. The van der Waals surface area contributed by atoms with Gasteiger partial charge in [-0.15, -0.1) is 0 Å². The summed E-state index contributed by atoms with van der Waals surface area (Å²) in [7, 11) is -3.85. The van der Waals surface area contributed by atoms with Crippen LogP contribution in [0.2, 0.25) is 0 Å². The van der Waals surface area contributed by atoms with Gasteiger partial charge in [-0.3, -0.25) is 0 Å². The highest BCUT2D eigenvalue weighted by atomic mass is 32.2. The van der Waals surface area contributed by atoms with Crippen LogP contribution in [-0.2, 0) is 10.0 Å². The Morgan fingerprint density at radius 3 is 2.75 bits per heavy atom. The molecule has 0 bridgehead atoms. The lowest BCUT2D eigenvalue weighted by atomic mass is 10.2. The summed E-state index contributed by atoms with van der Waals surface area (Å²) >= 11 is 0. The molecule has 6 N–H and O–H groups in total. The quantitative estimate of drug-likeness (QED) is 0.616. The lowest BCUT2D eigenvalue weighted by Gasteiger charge is -2.18. The van der Waals surface area contributed by atoms with E-state index in [0.29, 0.717) is 11.4 Å². The highest BCUT2D eigenvalue weighted by Gasteiger charge is 2.18. The van der Waals surface area contributed by atoms with Crippen LogP contribution in [0.1, 0.15) is 25.2 Å². The Kier molecular flexibility index (Phi) is 3.96. The van der Waals surface area contributed by atoms with Crippen LogP contribution in [-0.4, -0.2) is 18.4 Å². The monoisotopic (exact) mass is 295 g/mol. The summed E-state index contributed by atoms with van der Waals surface area (Å²) in [5.41, 5.74) is 6.36. The number of primary sulfonamides is 1. The zero-order chi connectivity index (χ0) is 14.8. The number of imidazole rings is 1. The van der Waals surface area contributed by atoms with Crippen molar-refractivity contribution in [3.05, 3.63) is 36.4 Å². The van der Waals surface area contributed by atoms with Gasteiger partial charge in [-0.05, 0) is 24.6 Å². The second-order valence-corrected chi connectivity index (χ2v) is 5.91. The van der Waals surface area contributed by atoms with Crippen molar-refractivity contribution in [1.82, 2.24) is 9.97 Å². The van der Waals surface area contributed by atoms with Gasteiger partial charge >= 0.3 is 0 Å². The van der Waals surface area contributed by atoms with Gasteiger partial charge in [0, 0.05) is 18.1 Å². The normalized spacial score (nSPS) is 13.1. The SMILES string of the molecule is CCC(Nc1ccc(N)cc1S(N)(=O)=O)c1ncc[nH]1. The molecule has 0 saturated heterocycles.